The predicted octanol–water partition coefficient (Wildman–Crippen LogP) is 3.87. The molecule has 1 unspecified atom stereocenters. The number of quaternary nitrogens is 1. The molecular weight excluding hydrogens is 288 g/mol. The Bertz CT molecular complexity index is 782. The first-order chi connectivity index (χ1) is 11.1. The van der Waals surface area contributed by atoms with E-state index in [9.17, 15) is 0 Å². The number of benzene rings is 2. The lowest BCUT2D eigenvalue weighted by molar-refractivity contribution is 0.152. The van der Waals surface area contributed by atoms with Crippen molar-refractivity contribution in [1.82, 2.24) is 4.48 Å². The van der Waals surface area contributed by atoms with Gasteiger partial charge < -0.3 is 14.8 Å². The van der Waals surface area contributed by atoms with Crippen LogP contribution < -0.4 is 19.3 Å². The van der Waals surface area contributed by atoms with Crippen LogP contribution in [-0.4, -0.2) is 20.3 Å². The van der Waals surface area contributed by atoms with Gasteiger partial charge in [0.05, 0.1) is 19.8 Å². The van der Waals surface area contributed by atoms with Crippen LogP contribution in [0.3, 0.4) is 0 Å². The molecule has 0 aromatic heterocycles. The van der Waals surface area contributed by atoms with Crippen molar-refractivity contribution < 1.29 is 9.47 Å². The van der Waals surface area contributed by atoms with Crippen LogP contribution in [0.2, 0.25) is 0 Å². The third-order valence-electron chi connectivity index (χ3n) is 4.26. The van der Waals surface area contributed by atoms with E-state index in [2.05, 4.69) is 31.6 Å². The Balaban J connectivity index is 1.50. The van der Waals surface area contributed by atoms with Crippen LogP contribution in [0, 0.1) is 0 Å². The van der Waals surface area contributed by atoms with Crippen molar-refractivity contribution in [3.63, 3.8) is 0 Å². The smallest absolute Gasteiger partial charge is 0.258 e. The highest BCUT2D eigenvalue weighted by Crippen LogP contribution is 2.40. The SMILES string of the molecule is C[N+]1(C)c2ccccc2OC1C=CC=C1Nc2ccccc2O1. The second-order valence-corrected chi connectivity index (χ2v) is 6.16. The van der Waals surface area contributed by atoms with Gasteiger partial charge in [-0.2, -0.15) is 0 Å². The number of ether oxygens (including phenoxy) is 2. The van der Waals surface area contributed by atoms with E-state index >= 15 is 0 Å². The van der Waals surface area contributed by atoms with Crippen molar-refractivity contribution in [3.8, 4) is 11.5 Å². The average Bonchev–Trinajstić information content (AvgIpc) is 3.07. The molecule has 0 saturated carbocycles. The van der Waals surface area contributed by atoms with Crippen molar-refractivity contribution >= 4 is 11.4 Å². The monoisotopic (exact) mass is 307 g/mol. The lowest BCUT2D eigenvalue weighted by atomic mass is 10.2. The molecule has 1 N–H and O–H groups in total. The number of hydrogen-bond acceptors (Lipinski definition) is 3. The van der Waals surface area contributed by atoms with E-state index in [4.69, 9.17) is 9.47 Å². The number of anilines is 1. The molecule has 2 aromatic rings. The van der Waals surface area contributed by atoms with Crippen molar-refractivity contribution in [3.05, 3.63) is 72.6 Å². The van der Waals surface area contributed by atoms with Crippen molar-refractivity contribution in [2.75, 3.05) is 19.4 Å². The number of para-hydroxylation sites is 4. The second-order valence-electron chi connectivity index (χ2n) is 6.16. The first-order valence-electron chi connectivity index (χ1n) is 7.67. The van der Waals surface area contributed by atoms with Gasteiger partial charge in [-0.05, 0) is 24.3 Å². The van der Waals surface area contributed by atoms with Crippen LogP contribution in [0.5, 0.6) is 11.5 Å². The Morgan fingerprint density at radius 3 is 2.52 bits per heavy atom. The molecule has 2 aromatic carbocycles. The Kier molecular flexibility index (Phi) is 3.13. The number of nitrogens with zero attached hydrogens (tertiary/aromatic N) is 1. The molecule has 4 nitrogen and oxygen atoms in total. The zero-order valence-corrected chi connectivity index (χ0v) is 13.2. The molecule has 23 heavy (non-hydrogen) atoms. The van der Waals surface area contributed by atoms with Gasteiger partial charge in [-0.3, -0.25) is 4.48 Å². The Morgan fingerprint density at radius 2 is 1.74 bits per heavy atom. The Labute approximate surface area is 135 Å². The van der Waals surface area contributed by atoms with E-state index in [1.165, 1.54) is 5.69 Å². The van der Waals surface area contributed by atoms with Crippen LogP contribution in [0.25, 0.3) is 0 Å². The minimum atomic E-state index is -0.0481. The molecular formula is C19H19N2O2+. The maximum atomic E-state index is 6.04. The number of fused-ring (bicyclic) bond motifs is 2. The third kappa shape index (κ3) is 2.37. The van der Waals surface area contributed by atoms with Crippen LogP contribution in [-0.2, 0) is 0 Å². The molecule has 2 aliphatic heterocycles. The highest BCUT2D eigenvalue weighted by Gasteiger charge is 2.39. The van der Waals surface area contributed by atoms with Gasteiger partial charge in [0, 0.05) is 12.1 Å². The highest BCUT2D eigenvalue weighted by atomic mass is 16.5. The van der Waals surface area contributed by atoms with Crippen LogP contribution in [0.15, 0.2) is 72.6 Å². The normalized spacial score (nSPS) is 22.3. The quantitative estimate of drug-likeness (QED) is 0.854. The van der Waals surface area contributed by atoms with E-state index < -0.39 is 0 Å². The zero-order valence-electron chi connectivity index (χ0n) is 13.2. The van der Waals surface area contributed by atoms with E-state index in [0.717, 1.165) is 23.1 Å². The lowest BCUT2D eigenvalue weighted by Gasteiger charge is -2.26. The van der Waals surface area contributed by atoms with E-state index in [0.29, 0.717) is 4.48 Å². The summed E-state index contributed by atoms with van der Waals surface area (Å²) in [5, 5.41) is 3.24. The van der Waals surface area contributed by atoms with Crippen molar-refractivity contribution in [2.24, 2.45) is 0 Å². The van der Waals surface area contributed by atoms with Crippen LogP contribution >= 0.6 is 0 Å². The second kappa shape index (κ2) is 5.18. The minimum absolute atomic E-state index is 0.0481. The maximum Gasteiger partial charge on any atom is 0.258 e. The summed E-state index contributed by atoms with van der Waals surface area (Å²) in [7, 11) is 4.29. The number of likely N-dealkylation sites (N-methyl/N-ethyl adjacent to an activating group) is 1. The molecule has 4 rings (SSSR count). The molecule has 0 amide bonds. The van der Waals surface area contributed by atoms with Gasteiger partial charge in [0.2, 0.25) is 0 Å². The largest absolute Gasteiger partial charge is 0.439 e. The van der Waals surface area contributed by atoms with Crippen molar-refractivity contribution in [1.29, 1.82) is 0 Å². The molecule has 2 heterocycles. The summed E-state index contributed by atoms with van der Waals surface area (Å²) in [6, 6.07) is 16.1. The van der Waals surface area contributed by atoms with E-state index in [1.54, 1.807) is 0 Å². The fourth-order valence-corrected chi connectivity index (χ4v) is 2.94. The number of rotatable bonds is 2. The molecule has 0 radical (unpaired) electrons. The Morgan fingerprint density at radius 1 is 1.00 bits per heavy atom. The summed E-state index contributed by atoms with van der Waals surface area (Å²) in [5.41, 5.74) is 2.19. The highest BCUT2D eigenvalue weighted by molar-refractivity contribution is 5.64. The van der Waals surface area contributed by atoms with Gasteiger partial charge >= 0.3 is 0 Å². The van der Waals surface area contributed by atoms with Crippen molar-refractivity contribution in [2.45, 2.75) is 6.23 Å². The molecule has 0 fully saturated rings. The first-order valence-corrected chi connectivity index (χ1v) is 7.67. The first kappa shape index (κ1) is 13.9. The summed E-state index contributed by atoms with van der Waals surface area (Å²) in [6.07, 6.45) is 5.91. The topological polar surface area (TPSA) is 30.5 Å². The fraction of sp³-hybridized carbons (Fsp3) is 0.158. The molecule has 4 heteroatoms. The third-order valence-corrected chi connectivity index (χ3v) is 4.26. The average molecular weight is 307 g/mol. The molecule has 0 bridgehead atoms. The van der Waals surface area contributed by atoms with E-state index in [-0.39, 0.29) is 6.23 Å². The molecule has 0 aliphatic carbocycles. The maximum absolute atomic E-state index is 6.04. The zero-order chi connectivity index (χ0) is 15.9. The van der Waals surface area contributed by atoms with Gasteiger partial charge in [0.25, 0.3) is 6.23 Å². The molecule has 116 valence electrons. The molecule has 0 spiro atoms. The summed E-state index contributed by atoms with van der Waals surface area (Å²) < 4.78 is 12.5. The fourth-order valence-electron chi connectivity index (χ4n) is 2.94. The minimum Gasteiger partial charge on any atom is -0.439 e. The van der Waals surface area contributed by atoms with Gasteiger partial charge in [0.15, 0.2) is 23.1 Å². The van der Waals surface area contributed by atoms with Gasteiger partial charge in [0.1, 0.15) is 0 Å². The van der Waals surface area contributed by atoms with Gasteiger partial charge in [-0.25, -0.2) is 0 Å². The molecule has 2 aliphatic rings. The molecule has 1 atom stereocenters. The Hall–Kier alpha value is -2.72. The standard InChI is InChI=1S/C19H19N2O2/c1-21(2)15-9-4-6-11-17(15)23-19(21)13-7-12-18-20-14-8-3-5-10-16(14)22-18/h3-13,19-20H,1-2H3/q+1. The lowest BCUT2D eigenvalue weighted by Crippen LogP contribution is -2.47. The van der Waals surface area contributed by atoms with Crippen LogP contribution in [0.1, 0.15) is 0 Å². The van der Waals surface area contributed by atoms with Gasteiger partial charge in [-0.1, -0.05) is 30.3 Å². The number of allylic oxidation sites excluding steroid dienone is 2. The number of hydrogen-bond donors (Lipinski definition) is 1. The van der Waals surface area contributed by atoms with E-state index in [1.807, 2.05) is 54.6 Å². The summed E-state index contributed by atoms with van der Waals surface area (Å²) in [5.74, 6) is 2.53. The van der Waals surface area contributed by atoms with Gasteiger partial charge in [-0.15, -0.1) is 0 Å². The predicted molar refractivity (Wildman–Crippen MR) is 92.4 cm³/mol. The summed E-state index contributed by atoms with van der Waals surface area (Å²) in [6.45, 7) is 0. The molecule has 0 saturated heterocycles. The number of nitrogens with one attached hydrogen (secondary N) is 1. The summed E-state index contributed by atoms with van der Waals surface area (Å²) >= 11 is 0. The van der Waals surface area contributed by atoms with Crippen LogP contribution in [0.4, 0.5) is 11.4 Å². The summed E-state index contributed by atoms with van der Waals surface area (Å²) in [4.78, 5) is 0.